The van der Waals surface area contributed by atoms with Crippen LogP contribution in [-0.4, -0.2) is 31.7 Å². The number of sulfonamides is 1. The molecule has 0 atom stereocenters. The van der Waals surface area contributed by atoms with Gasteiger partial charge in [-0.25, -0.2) is 12.7 Å². The Kier molecular flexibility index (Phi) is 8.24. The van der Waals surface area contributed by atoms with Crippen LogP contribution in [0.3, 0.4) is 0 Å². The molecule has 1 saturated heterocycles. The average Bonchev–Trinajstić information content (AvgIpc) is 2.84. The summed E-state index contributed by atoms with van der Waals surface area (Å²) in [6.07, 6.45) is 0.771. The fourth-order valence-corrected chi connectivity index (χ4v) is 6.37. The smallest absolute Gasteiger partial charge is 0.227 e. The number of piperidine rings is 1. The van der Waals surface area contributed by atoms with E-state index in [0.717, 1.165) is 0 Å². The first-order chi connectivity index (χ1) is 16.7. The third-order valence-corrected chi connectivity index (χ3v) is 8.53. The molecule has 1 fully saturated rings. The zero-order valence-electron chi connectivity index (χ0n) is 18.6. The monoisotopic (exact) mass is 552 g/mol. The first-order valence-electron chi connectivity index (χ1n) is 11.0. The summed E-state index contributed by atoms with van der Waals surface area (Å²) in [5.74, 6) is 0.240. The van der Waals surface area contributed by atoms with Gasteiger partial charge in [-0.1, -0.05) is 59.1 Å². The van der Waals surface area contributed by atoms with Gasteiger partial charge in [0.15, 0.2) is 5.75 Å². The number of nitrogens with one attached hydrogen (secondary N) is 1. The first-order valence-corrected chi connectivity index (χ1v) is 13.7. The van der Waals surface area contributed by atoms with Crippen molar-refractivity contribution in [3.8, 4) is 11.5 Å². The van der Waals surface area contributed by atoms with Crippen molar-refractivity contribution in [2.24, 2.45) is 5.92 Å². The molecule has 1 amide bonds. The molecule has 10 heteroatoms. The topological polar surface area (TPSA) is 75.7 Å². The highest BCUT2D eigenvalue weighted by molar-refractivity contribution is 7.88. The van der Waals surface area contributed by atoms with Crippen molar-refractivity contribution >= 4 is 56.4 Å². The molecule has 184 valence electrons. The van der Waals surface area contributed by atoms with E-state index in [-0.39, 0.29) is 30.7 Å². The number of para-hydroxylation sites is 1. The Morgan fingerprint density at radius 2 is 1.60 bits per heavy atom. The van der Waals surface area contributed by atoms with Crippen LogP contribution < -0.4 is 10.1 Å². The van der Waals surface area contributed by atoms with Crippen LogP contribution in [0.5, 0.6) is 11.5 Å². The van der Waals surface area contributed by atoms with Crippen LogP contribution in [0.25, 0.3) is 0 Å². The van der Waals surface area contributed by atoms with E-state index in [1.165, 1.54) is 4.31 Å². The minimum atomic E-state index is -3.64. The Hall–Kier alpha value is -2.29. The Labute approximate surface area is 219 Å². The van der Waals surface area contributed by atoms with Crippen molar-refractivity contribution in [1.82, 2.24) is 4.31 Å². The minimum absolute atomic E-state index is 0.212. The lowest BCUT2D eigenvalue weighted by molar-refractivity contribution is -0.120. The number of hydrogen-bond acceptors (Lipinski definition) is 4. The molecule has 0 spiro atoms. The molecule has 3 aromatic rings. The third kappa shape index (κ3) is 6.48. The lowest BCUT2D eigenvalue weighted by Crippen LogP contribution is -2.42. The number of ether oxygens (including phenoxy) is 1. The van der Waals surface area contributed by atoms with Crippen molar-refractivity contribution in [1.29, 1.82) is 0 Å². The Bertz CT molecular complexity index is 1290. The number of rotatable bonds is 7. The Balaban J connectivity index is 1.40. The summed E-state index contributed by atoms with van der Waals surface area (Å²) < 4.78 is 33.2. The molecule has 0 bridgehead atoms. The number of benzene rings is 3. The van der Waals surface area contributed by atoms with E-state index in [9.17, 15) is 13.2 Å². The maximum absolute atomic E-state index is 13.0. The van der Waals surface area contributed by atoms with E-state index in [0.29, 0.717) is 50.7 Å². The fraction of sp³-hybridized carbons (Fsp3) is 0.240. The second kappa shape index (κ2) is 11.2. The number of anilines is 1. The molecule has 0 unspecified atom stereocenters. The molecule has 3 aromatic carbocycles. The minimum Gasteiger partial charge on any atom is -0.455 e. The van der Waals surface area contributed by atoms with E-state index in [1.807, 2.05) is 30.3 Å². The van der Waals surface area contributed by atoms with E-state index < -0.39 is 10.0 Å². The summed E-state index contributed by atoms with van der Waals surface area (Å²) in [7, 11) is -3.64. The van der Waals surface area contributed by atoms with Gasteiger partial charge in [0, 0.05) is 39.6 Å². The van der Waals surface area contributed by atoms with Gasteiger partial charge in [0.05, 0.1) is 11.4 Å². The molecule has 6 nitrogen and oxygen atoms in total. The number of carbonyl (C=O) groups is 1. The van der Waals surface area contributed by atoms with Gasteiger partial charge >= 0.3 is 0 Å². The molecule has 1 heterocycles. The maximum atomic E-state index is 13.0. The lowest BCUT2D eigenvalue weighted by atomic mass is 9.97. The average molecular weight is 554 g/mol. The van der Waals surface area contributed by atoms with E-state index >= 15 is 0 Å². The molecule has 0 radical (unpaired) electrons. The highest BCUT2D eigenvalue weighted by Crippen LogP contribution is 2.33. The van der Waals surface area contributed by atoms with Gasteiger partial charge in [-0.3, -0.25) is 4.79 Å². The van der Waals surface area contributed by atoms with Crippen LogP contribution in [-0.2, 0) is 20.6 Å². The summed E-state index contributed by atoms with van der Waals surface area (Å²) in [6, 6.07) is 19.1. The summed E-state index contributed by atoms with van der Waals surface area (Å²) >= 11 is 18.5. The van der Waals surface area contributed by atoms with Crippen molar-refractivity contribution in [2.45, 2.75) is 18.6 Å². The standard InChI is InChI=1S/C25H23Cl3N2O4S/c26-18-9-10-24(34-19-5-2-1-3-6-19)23(15-18)29-25(31)17-11-13-30(14-12-17)35(32,33)16-20-21(27)7-4-8-22(20)28/h1-10,15,17H,11-14,16H2,(H,29,31). The predicted molar refractivity (Wildman–Crippen MR) is 140 cm³/mol. The van der Waals surface area contributed by atoms with Crippen molar-refractivity contribution in [2.75, 3.05) is 18.4 Å². The number of amides is 1. The van der Waals surface area contributed by atoms with Gasteiger partial charge in [-0.05, 0) is 55.3 Å². The second-order valence-electron chi connectivity index (χ2n) is 8.17. The van der Waals surface area contributed by atoms with E-state index in [2.05, 4.69) is 5.32 Å². The summed E-state index contributed by atoms with van der Waals surface area (Å²) in [5.41, 5.74) is 0.831. The van der Waals surface area contributed by atoms with Crippen LogP contribution in [0.1, 0.15) is 18.4 Å². The van der Waals surface area contributed by atoms with Gasteiger partial charge < -0.3 is 10.1 Å². The zero-order chi connectivity index (χ0) is 25.0. The quantitative estimate of drug-likeness (QED) is 0.357. The SMILES string of the molecule is O=C(Nc1cc(Cl)ccc1Oc1ccccc1)C1CCN(S(=O)(=O)Cc2c(Cl)cccc2Cl)CC1. The summed E-state index contributed by atoms with van der Waals surface area (Å²) in [6.45, 7) is 0.455. The van der Waals surface area contributed by atoms with E-state index in [4.69, 9.17) is 39.5 Å². The maximum Gasteiger partial charge on any atom is 0.227 e. The Morgan fingerprint density at radius 1 is 0.943 bits per heavy atom. The molecular weight excluding hydrogens is 531 g/mol. The third-order valence-electron chi connectivity index (χ3n) is 5.78. The highest BCUT2D eigenvalue weighted by Gasteiger charge is 2.32. The van der Waals surface area contributed by atoms with Crippen LogP contribution in [0.4, 0.5) is 5.69 Å². The van der Waals surface area contributed by atoms with Gasteiger partial charge in [-0.2, -0.15) is 0 Å². The van der Waals surface area contributed by atoms with Gasteiger partial charge in [0.25, 0.3) is 0 Å². The lowest BCUT2D eigenvalue weighted by Gasteiger charge is -2.31. The van der Waals surface area contributed by atoms with Gasteiger partial charge in [0.1, 0.15) is 5.75 Å². The fourth-order valence-electron chi connectivity index (χ4n) is 3.88. The molecule has 1 aliphatic rings. The molecular formula is C25H23Cl3N2O4S. The number of carbonyl (C=O) groups excluding carboxylic acids is 1. The largest absolute Gasteiger partial charge is 0.455 e. The molecule has 0 aliphatic carbocycles. The van der Waals surface area contributed by atoms with Crippen LogP contribution >= 0.6 is 34.8 Å². The molecule has 0 aromatic heterocycles. The van der Waals surface area contributed by atoms with Gasteiger partial charge in [-0.15, -0.1) is 0 Å². The highest BCUT2D eigenvalue weighted by atomic mass is 35.5. The van der Waals surface area contributed by atoms with Crippen molar-refractivity contribution in [3.63, 3.8) is 0 Å². The Morgan fingerprint density at radius 3 is 2.26 bits per heavy atom. The normalized spacial score (nSPS) is 15.1. The van der Waals surface area contributed by atoms with Crippen molar-refractivity contribution in [3.05, 3.63) is 87.4 Å². The second-order valence-corrected chi connectivity index (χ2v) is 11.4. The zero-order valence-corrected chi connectivity index (χ0v) is 21.7. The number of hydrogen-bond donors (Lipinski definition) is 1. The van der Waals surface area contributed by atoms with E-state index in [1.54, 1.807) is 36.4 Å². The summed E-state index contributed by atoms with van der Waals surface area (Å²) in [4.78, 5) is 13.0. The molecule has 1 N–H and O–H groups in total. The van der Waals surface area contributed by atoms with Crippen LogP contribution in [0.15, 0.2) is 66.7 Å². The van der Waals surface area contributed by atoms with Crippen molar-refractivity contribution < 1.29 is 17.9 Å². The first kappa shape index (κ1) is 25.8. The molecule has 4 rings (SSSR count). The van der Waals surface area contributed by atoms with Gasteiger partial charge in [0.2, 0.25) is 15.9 Å². The van der Waals surface area contributed by atoms with Crippen LogP contribution in [0, 0.1) is 5.92 Å². The molecule has 1 aliphatic heterocycles. The predicted octanol–water partition coefficient (Wildman–Crippen LogP) is 6.62. The summed E-state index contributed by atoms with van der Waals surface area (Å²) in [5, 5.41) is 3.98. The van der Waals surface area contributed by atoms with Crippen LogP contribution in [0.2, 0.25) is 15.1 Å². The molecule has 0 saturated carbocycles. The number of nitrogens with zero attached hydrogens (tertiary/aromatic N) is 1. The number of halogens is 3. The molecule has 35 heavy (non-hydrogen) atoms.